The number of carbonyl (C=O) groups is 5. The predicted octanol–water partition coefficient (Wildman–Crippen LogP) is 3.61. The monoisotopic (exact) mass is 674 g/mol. The molecule has 15 nitrogen and oxygen atoms in total. The molecule has 1 saturated heterocycles. The molecule has 0 spiro atoms. The van der Waals surface area contributed by atoms with Crippen molar-refractivity contribution in [3.8, 4) is 11.3 Å². The number of carbonyl (C=O) groups excluding carboxylic acids is 5. The first-order valence-electron chi connectivity index (χ1n) is 16.4. The van der Waals surface area contributed by atoms with Gasteiger partial charge in [-0.3, -0.25) is 38.9 Å². The lowest BCUT2D eigenvalue weighted by Gasteiger charge is -2.27. The van der Waals surface area contributed by atoms with E-state index in [-0.39, 0.29) is 29.9 Å². The molecule has 2 aliphatic rings. The minimum absolute atomic E-state index is 0.0517. The Morgan fingerprint density at radius 1 is 1.00 bits per heavy atom. The van der Waals surface area contributed by atoms with E-state index in [1.165, 1.54) is 0 Å². The van der Waals surface area contributed by atoms with Crippen LogP contribution < -0.4 is 21.3 Å². The number of piperidine rings is 1. The summed E-state index contributed by atoms with van der Waals surface area (Å²) in [6.07, 6.45) is 7.24. The van der Waals surface area contributed by atoms with Crippen molar-refractivity contribution in [2.24, 2.45) is 0 Å². The summed E-state index contributed by atoms with van der Waals surface area (Å²) in [4.78, 5) is 76.6. The van der Waals surface area contributed by atoms with E-state index in [0.717, 1.165) is 34.5 Å². The molecule has 5 aromatic rings. The lowest BCUT2D eigenvalue weighted by molar-refractivity contribution is -0.136. The molecule has 15 heteroatoms. The Kier molecular flexibility index (Phi) is 8.77. The summed E-state index contributed by atoms with van der Waals surface area (Å²) < 4.78 is 1.89. The second-order valence-electron chi connectivity index (χ2n) is 12.0. The third kappa shape index (κ3) is 6.27. The number of rotatable bonds is 12. The van der Waals surface area contributed by atoms with Gasteiger partial charge in [0.05, 0.1) is 23.0 Å². The van der Waals surface area contributed by atoms with E-state index in [2.05, 4.69) is 43.3 Å². The summed E-state index contributed by atoms with van der Waals surface area (Å²) in [5.41, 5.74) is 4.39. The zero-order valence-electron chi connectivity index (χ0n) is 27.2. The largest absolute Gasteiger partial charge is 0.384 e. The van der Waals surface area contributed by atoms with E-state index in [9.17, 15) is 24.0 Å². The number of hydrogen-bond donors (Lipinski definition) is 5. The summed E-state index contributed by atoms with van der Waals surface area (Å²) in [6, 6.07) is 12.8. The molecule has 50 heavy (non-hydrogen) atoms. The number of benzene rings is 2. The first-order valence-corrected chi connectivity index (χ1v) is 16.4. The van der Waals surface area contributed by atoms with Crippen molar-refractivity contribution < 1.29 is 24.0 Å². The van der Waals surface area contributed by atoms with Crippen LogP contribution in [0, 0.1) is 0 Å². The van der Waals surface area contributed by atoms with Crippen LogP contribution in [0.15, 0.2) is 67.1 Å². The summed E-state index contributed by atoms with van der Waals surface area (Å²) in [7, 11) is 0. The van der Waals surface area contributed by atoms with Gasteiger partial charge in [-0.1, -0.05) is 13.0 Å². The molecule has 2 aliphatic heterocycles. The molecule has 1 unspecified atom stereocenters. The number of aromatic amines is 1. The molecule has 254 valence electrons. The molecule has 1 atom stereocenters. The van der Waals surface area contributed by atoms with Crippen LogP contribution in [0.1, 0.15) is 63.7 Å². The van der Waals surface area contributed by atoms with Gasteiger partial charge in [0, 0.05) is 66.3 Å². The van der Waals surface area contributed by atoms with Gasteiger partial charge < -0.3 is 20.9 Å². The Balaban J connectivity index is 0.925. The fourth-order valence-corrected chi connectivity index (χ4v) is 6.17. The molecule has 2 aromatic carbocycles. The molecule has 0 saturated carbocycles. The van der Waals surface area contributed by atoms with Crippen molar-refractivity contribution in [2.75, 3.05) is 23.7 Å². The maximum absolute atomic E-state index is 13.3. The zero-order valence-corrected chi connectivity index (χ0v) is 27.2. The highest BCUT2D eigenvalue weighted by molar-refractivity contribution is 6.25. The minimum atomic E-state index is -1.03. The van der Waals surface area contributed by atoms with Gasteiger partial charge in [-0.25, -0.2) is 4.98 Å². The topological polar surface area (TPSA) is 196 Å². The maximum Gasteiger partial charge on any atom is 0.264 e. The van der Waals surface area contributed by atoms with E-state index in [4.69, 9.17) is 4.98 Å². The minimum Gasteiger partial charge on any atom is -0.384 e. The molecular weight excluding hydrogens is 640 g/mol. The van der Waals surface area contributed by atoms with Crippen molar-refractivity contribution in [3.05, 3.63) is 83.8 Å². The van der Waals surface area contributed by atoms with Crippen LogP contribution in [0.3, 0.4) is 0 Å². The number of aromatic nitrogens is 5. The fraction of sp³-hybridized carbons (Fsp3) is 0.257. The second kappa shape index (κ2) is 13.6. The van der Waals surface area contributed by atoms with E-state index < -0.39 is 29.7 Å². The lowest BCUT2D eigenvalue weighted by Crippen LogP contribution is -2.54. The number of H-pyrrole nitrogens is 1. The first-order chi connectivity index (χ1) is 24.3. The van der Waals surface area contributed by atoms with E-state index in [1.807, 2.05) is 23.1 Å². The van der Waals surface area contributed by atoms with Gasteiger partial charge in [0.25, 0.3) is 17.7 Å². The molecular formula is C35H34N10O5. The SMILES string of the molecule is CCCn1cc(-c2nc(Nc3ccc(C(=O)NCCCNc4cccc5c4C(=O)N(C4CCC(=O)NC4=O)C5=O)cc3)nc3[nH]ccc23)cn1. The maximum atomic E-state index is 13.3. The lowest BCUT2D eigenvalue weighted by atomic mass is 10.0. The van der Waals surface area contributed by atoms with Gasteiger partial charge in [0.2, 0.25) is 17.8 Å². The molecule has 7 rings (SSSR count). The number of hydrogen-bond acceptors (Lipinski definition) is 10. The number of nitrogens with zero attached hydrogens (tertiary/aromatic N) is 5. The van der Waals surface area contributed by atoms with E-state index in [0.29, 0.717) is 48.0 Å². The highest BCUT2D eigenvalue weighted by atomic mass is 16.2. The molecule has 5 amide bonds. The number of imide groups is 2. The molecule has 5 heterocycles. The van der Waals surface area contributed by atoms with Crippen LogP contribution in [-0.4, -0.2) is 78.3 Å². The third-order valence-corrected chi connectivity index (χ3v) is 8.60. The molecule has 5 N–H and O–H groups in total. The average molecular weight is 675 g/mol. The van der Waals surface area contributed by atoms with Crippen LogP contribution >= 0.6 is 0 Å². The van der Waals surface area contributed by atoms with Crippen LogP contribution in [0.2, 0.25) is 0 Å². The first kappa shape index (κ1) is 32.2. The van der Waals surface area contributed by atoms with Crippen LogP contribution in [-0.2, 0) is 16.1 Å². The van der Waals surface area contributed by atoms with Gasteiger partial charge in [0.15, 0.2) is 0 Å². The van der Waals surface area contributed by atoms with Gasteiger partial charge in [0.1, 0.15) is 11.7 Å². The Hall–Kier alpha value is -6.38. The van der Waals surface area contributed by atoms with Crippen molar-refractivity contribution in [1.29, 1.82) is 0 Å². The number of amides is 5. The quantitative estimate of drug-likeness (QED) is 0.0963. The molecule has 0 radical (unpaired) electrons. The van der Waals surface area contributed by atoms with Crippen molar-refractivity contribution in [2.45, 2.75) is 45.2 Å². The van der Waals surface area contributed by atoms with Crippen molar-refractivity contribution >= 4 is 57.9 Å². The van der Waals surface area contributed by atoms with Gasteiger partial charge in [-0.2, -0.15) is 10.1 Å². The van der Waals surface area contributed by atoms with E-state index in [1.54, 1.807) is 48.7 Å². The zero-order chi connectivity index (χ0) is 34.8. The molecule has 0 aliphatic carbocycles. The second-order valence-corrected chi connectivity index (χ2v) is 12.0. The molecule has 1 fully saturated rings. The summed E-state index contributed by atoms with van der Waals surface area (Å²) in [5.74, 6) is -2.06. The van der Waals surface area contributed by atoms with Crippen LogP contribution in [0.5, 0.6) is 0 Å². The number of nitrogens with one attached hydrogen (secondary N) is 5. The Morgan fingerprint density at radius 3 is 2.64 bits per heavy atom. The normalized spacial score (nSPS) is 15.7. The van der Waals surface area contributed by atoms with Crippen LogP contribution in [0.25, 0.3) is 22.3 Å². The standard InChI is InChI=1S/C35H34N10O5/c1-2-17-44-19-21(18-39-44)29-24-13-16-37-30(24)43-35(42-29)40-22-9-7-20(8-10-22)31(47)38-15-4-14-36-25-6-3-5-23-28(25)34(50)45(33(23)49)26-11-12-27(46)41-32(26)48/h3,5-10,13,16,18-19,26,36H,2,4,11-12,14-15,17H2,1H3,(H,38,47)(H,41,46,48)(H2,37,40,42,43). The number of aryl methyl sites for hydroxylation is 1. The summed E-state index contributed by atoms with van der Waals surface area (Å²) in [6.45, 7) is 3.68. The van der Waals surface area contributed by atoms with Crippen molar-refractivity contribution in [3.63, 3.8) is 0 Å². The van der Waals surface area contributed by atoms with Gasteiger partial charge in [-0.15, -0.1) is 0 Å². The Labute approximate surface area is 285 Å². The van der Waals surface area contributed by atoms with Crippen molar-refractivity contribution in [1.82, 2.24) is 40.3 Å². The van der Waals surface area contributed by atoms with Gasteiger partial charge >= 0.3 is 0 Å². The molecule has 3 aromatic heterocycles. The van der Waals surface area contributed by atoms with Crippen LogP contribution in [0.4, 0.5) is 17.3 Å². The average Bonchev–Trinajstić information content (AvgIpc) is 3.84. The third-order valence-electron chi connectivity index (χ3n) is 8.60. The highest BCUT2D eigenvalue weighted by Crippen LogP contribution is 2.32. The van der Waals surface area contributed by atoms with E-state index >= 15 is 0 Å². The number of fused-ring (bicyclic) bond motifs is 2. The molecule has 0 bridgehead atoms. The summed E-state index contributed by atoms with van der Waals surface area (Å²) in [5, 5.41) is 16.8. The smallest absolute Gasteiger partial charge is 0.264 e. The number of anilines is 3. The Bertz CT molecular complexity index is 2140. The highest BCUT2D eigenvalue weighted by Gasteiger charge is 2.45. The fourth-order valence-electron chi connectivity index (χ4n) is 6.17. The Morgan fingerprint density at radius 2 is 1.84 bits per heavy atom. The predicted molar refractivity (Wildman–Crippen MR) is 184 cm³/mol. The van der Waals surface area contributed by atoms with Gasteiger partial charge in [-0.05, 0) is 61.7 Å². The summed E-state index contributed by atoms with van der Waals surface area (Å²) >= 11 is 0.